The van der Waals surface area contributed by atoms with Crippen LogP contribution >= 0.6 is 0 Å². The van der Waals surface area contributed by atoms with Gasteiger partial charge in [0.15, 0.2) is 11.4 Å². The van der Waals surface area contributed by atoms with Crippen molar-refractivity contribution in [3.8, 4) is 0 Å². The van der Waals surface area contributed by atoms with Crippen molar-refractivity contribution < 1.29 is 13.2 Å². The highest BCUT2D eigenvalue weighted by Crippen LogP contribution is 2.23. The maximum atomic E-state index is 13.0. The molecule has 1 aromatic heterocycles. The number of hydrogen-bond donors (Lipinski definition) is 1. The van der Waals surface area contributed by atoms with Gasteiger partial charge in [0.25, 0.3) is 0 Å². The molecule has 0 aliphatic heterocycles. The van der Waals surface area contributed by atoms with Crippen molar-refractivity contribution >= 4 is 11.0 Å². The molecule has 1 heterocycles. The quantitative estimate of drug-likeness (QED) is 0.735. The first-order valence-electron chi connectivity index (χ1n) is 3.78. The molecule has 2 rings (SSSR count). The minimum Gasteiger partial charge on any atom is -0.457 e. The zero-order chi connectivity index (χ0) is 9.42. The minimum atomic E-state index is -0.699. The average Bonchev–Trinajstić information content (AvgIpc) is 2.47. The topological polar surface area (TPSA) is 39.2 Å². The van der Waals surface area contributed by atoms with Crippen LogP contribution in [0.15, 0.2) is 22.6 Å². The van der Waals surface area contributed by atoms with E-state index in [0.29, 0.717) is 11.1 Å². The largest absolute Gasteiger partial charge is 0.457 e. The van der Waals surface area contributed by atoms with Crippen molar-refractivity contribution in [2.24, 2.45) is 5.73 Å². The van der Waals surface area contributed by atoms with Crippen molar-refractivity contribution in [2.75, 3.05) is 0 Å². The predicted molar refractivity (Wildman–Crippen MR) is 44.0 cm³/mol. The number of benzene rings is 1. The third-order valence-electron chi connectivity index (χ3n) is 1.79. The molecule has 0 atom stereocenters. The highest BCUT2D eigenvalue weighted by Gasteiger charge is 2.09. The van der Waals surface area contributed by atoms with Crippen LogP contribution in [0.3, 0.4) is 0 Å². The molecule has 0 saturated carbocycles. The van der Waals surface area contributed by atoms with E-state index in [1.54, 1.807) is 0 Å². The molecule has 13 heavy (non-hydrogen) atoms. The Labute approximate surface area is 72.9 Å². The predicted octanol–water partition coefficient (Wildman–Crippen LogP) is 2.17. The van der Waals surface area contributed by atoms with Crippen LogP contribution in [0.25, 0.3) is 11.0 Å². The van der Waals surface area contributed by atoms with Gasteiger partial charge in [-0.05, 0) is 12.1 Å². The number of hydrogen-bond acceptors (Lipinski definition) is 2. The summed E-state index contributed by atoms with van der Waals surface area (Å²) < 4.78 is 30.8. The molecule has 0 radical (unpaired) electrons. The van der Waals surface area contributed by atoms with Crippen molar-refractivity contribution in [1.29, 1.82) is 0 Å². The van der Waals surface area contributed by atoms with Crippen LogP contribution in [0, 0.1) is 11.6 Å². The third-order valence-corrected chi connectivity index (χ3v) is 1.79. The molecule has 1 aromatic carbocycles. The van der Waals surface area contributed by atoms with Crippen LogP contribution in [0.4, 0.5) is 8.78 Å². The fraction of sp³-hybridized carbons (Fsp3) is 0.111. The second-order valence-corrected chi connectivity index (χ2v) is 2.72. The van der Waals surface area contributed by atoms with Crippen molar-refractivity contribution in [3.05, 3.63) is 35.6 Å². The fourth-order valence-corrected chi connectivity index (χ4v) is 1.23. The molecule has 0 bridgehead atoms. The van der Waals surface area contributed by atoms with E-state index in [0.717, 1.165) is 6.07 Å². The van der Waals surface area contributed by atoms with E-state index in [2.05, 4.69) is 0 Å². The maximum absolute atomic E-state index is 13.0. The summed E-state index contributed by atoms with van der Waals surface area (Å²) in [4.78, 5) is 0. The third kappa shape index (κ3) is 1.29. The monoisotopic (exact) mass is 183 g/mol. The standard InChI is InChI=1S/C9H7F2NO/c10-6-1-5-2-7(4-12)13-9(5)8(11)3-6/h1-3H,4,12H2. The Hall–Kier alpha value is -1.42. The van der Waals surface area contributed by atoms with Crippen LogP contribution in [0.2, 0.25) is 0 Å². The van der Waals surface area contributed by atoms with Gasteiger partial charge in [-0.2, -0.15) is 0 Å². The summed E-state index contributed by atoms with van der Waals surface area (Å²) in [6, 6.07) is 3.52. The van der Waals surface area contributed by atoms with Crippen LogP contribution < -0.4 is 5.73 Å². The van der Waals surface area contributed by atoms with Crippen LogP contribution in [-0.4, -0.2) is 0 Å². The van der Waals surface area contributed by atoms with E-state index < -0.39 is 11.6 Å². The first-order chi connectivity index (χ1) is 6.20. The molecule has 4 heteroatoms. The lowest BCUT2D eigenvalue weighted by Gasteiger charge is -1.90. The molecule has 0 saturated heterocycles. The summed E-state index contributed by atoms with van der Waals surface area (Å²) in [5.74, 6) is -0.872. The smallest absolute Gasteiger partial charge is 0.170 e. The number of furan rings is 1. The van der Waals surface area contributed by atoms with Crippen LogP contribution in [0.1, 0.15) is 5.76 Å². The summed E-state index contributed by atoms with van der Waals surface area (Å²) in [6.45, 7) is 0.176. The molecule has 0 aliphatic rings. The number of nitrogens with two attached hydrogens (primary N) is 1. The summed E-state index contributed by atoms with van der Waals surface area (Å²) in [7, 11) is 0. The number of fused-ring (bicyclic) bond motifs is 1. The van der Waals surface area contributed by atoms with Gasteiger partial charge in [0.05, 0.1) is 6.54 Å². The summed E-state index contributed by atoms with van der Waals surface area (Å²) in [5, 5.41) is 0.401. The highest BCUT2D eigenvalue weighted by molar-refractivity contribution is 5.78. The molecule has 0 amide bonds. The molecule has 0 aliphatic carbocycles. The van der Waals surface area contributed by atoms with E-state index in [1.165, 1.54) is 12.1 Å². The second kappa shape index (κ2) is 2.81. The van der Waals surface area contributed by atoms with Crippen molar-refractivity contribution in [2.45, 2.75) is 6.54 Å². The number of rotatable bonds is 1. The van der Waals surface area contributed by atoms with Crippen LogP contribution in [0.5, 0.6) is 0 Å². The van der Waals surface area contributed by atoms with Gasteiger partial charge in [-0.15, -0.1) is 0 Å². The van der Waals surface area contributed by atoms with E-state index in [-0.39, 0.29) is 12.1 Å². The van der Waals surface area contributed by atoms with Gasteiger partial charge in [0, 0.05) is 11.5 Å². The minimum absolute atomic E-state index is 0.0573. The fourth-order valence-electron chi connectivity index (χ4n) is 1.23. The second-order valence-electron chi connectivity index (χ2n) is 2.72. The lowest BCUT2D eigenvalue weighted by Crippen LogP contribution is -1.92. The van der Waals surface area contributed by atoms with E-state index in [1.807, 2.05) is 0 Å². The maximum Gasteiger partial charge on any atom is 0.170 e. The van der Waals surface area contributed by atoms with Crippen molar-refractivity contribution in [1.82, 2.24) is 0 Å². The molecular weight excluding hydrogens is 176 g/mol. The molecule has 0 spiro atoms. The Morgan fingerprint density at radius 2 is 2.00 bits per heavy atom. The lowest BCUT2D eigenvalue weighted by atomic mass is 10.2. The molecule has 0 fully saturated rings. The van der Waals surface area contributed by atoms with Gasteiger partial charge < -0.3 is 10.2 Å². The molecule has 0 unspecified atom stereocenters. The molecule has 68 valence electrons. The highest BCUT2D eigenvalue weighted by atomic mass is 19.1. The average molecular weight is 183 g/mol. The Kier molecular flexibility index (Phi) is 1.77. The van der Waals surface area contributed by atoms with Gasteiger partial charge >= 0.3 is 0 Å². The van der Waals surface area contributed by atoms with Gasteiger partial charge in [0.2, 0.25) is 0 Å². The van der Waals surface area contributed by atoms with Gasteiger partial charge in [-0.1, -0.05) is 0 Å². The molecular formula is C9H7F2NO. The first-order valence-corrected chi connectivity index (χ1v) is 3.78. The Bertz CT molecular complexity index is 450. The molecule has 2 N–H and O–H groups in total. The van der Waals surface area contributed by atoms with Gasteiger partial charge in [-0.25, -0.2) is 8.78 Å². The van der Waals surface area contributed by atoms with E-state index in [9.17, 15) is 8.78 Å². The Morgan fingerprint density at radius 1 is 1.23 bits per heavy atom. The first kappa shape index (κ1) is 8.19. The summed E-state index contributed by atoms with van der Waals surface area (Å²) in [6.07, 6.45) is 0. The Balaban J connectivity index is 2.75. The van der Waals surface area contributed by atoms with Crippen molar-refractivity contribution in [3.63, 3.8) is 0 Å². The summed E-state index contributed by atoms with van der Waals surface area (Å²) in [5.41, 5.74) is 5.35. The van der Waals surface area contributed by atoms with Gasteiger partial charge in [0.1, 0.15) is 11.6 Å². The normalized spacial score (nSPS) is 11.0. The number of halogens is 2. The lowest BCUT2D eigenvalue weighted by molar-refractivity contribution is 0.516. The van der Waals surface area contributed by atoms with E-state index in [4.69, 9.17) is 10.2 Å². The zero-order valence-corrected chi connectivity index (χ0v) is 6.68. The SMILES string of the molecule is NCc1cc2cc(F)cc(F)c2o1. The Morgan fingerprint density at radius 3 is 2.69 bits per heavy atom. The van der Waals surface area contributed by atoms with Crippen LogP contribution in [-0.2, 0) is 6.54 Å². The summed E-state index contributed by atoms with van der Waals surface area (Å²) >= 11 is 0. The molecule has 2 nitrogen and oxygen atoms in total. The van der Waals surface area contributed by atoms with Gasteiger partial charge in [-0.3, -0.25) is 0 Å². The molecule has 2 aromatic rings. The zero-order valence-electron chi connectivity index (χ0n) is 6.68. The van der Waals surface area contributed by atoms with E-state index >= 15 is 0 Å².